The standard InChI is InChI=1S/C15H26N2/c1-4-5-6-7-10-13(2)17-14(3)15-11-8-9-12-16-15/h8-9,11-14,17H,4-7,10H2,1-3H3. The Hall–Kier alpha value is -0.890. The number of nitrogens with zero attached hydrogens (tertiary/aromatic N) is 1. The Labute approximate surface area is 106 Å². The molecule has 0 amide bonds. The second-order valence-corrected chi connectivity index (χ2v) is 4.89. The Kier molecular flexibility index (Phi) is 6.87. The SMILES string of the molecule is CCCCCCC(C)NC(C)c1ccccn1. The quantitative estimate of drug-likeness (QED) is 0.685. The largest absolute Gasteiger partial charge is 0.306 e. The van der Waals surface area contributed by atoms with Gasteiger partial charge in [-0.3, -0.25) is 4.98 Å². The average Bonchev–Trinajstić information content (AvgIpc) is 2.36. The van der Waals surface area contributed by atoms with E-state index in [1.165, 1.54) is 32.1 Å². The molecule has 1 heterocycles. The van der Waals surface area contributed by atoms with Crippen molar-refractivity contribution in [1.29, 1.82) is 0 Å². The van der Waals surface area contributed by atoms with Gasteiger partial charge in [0.1, 0.15) is 0 Å². The van der Waals surface area contributed by atoms with E-state index >= 15 is 0 Å². The zero-order chi connectivity index (χ0) is 12.5. The lowest BCUT2D eigenvalue weighted by Crippen LogP contribution is -2.29. The van der Waals surface area contributed by atoms with Gasteiger partial charge in [0.2, 0.25) is 0 Å². The number of unbranched alkanes of at least 4 members (excludes halogenated alkanes) is 3. The van der Waals surface area contributed by atoms with Crippen molar-refractivity contribution < 1.29 is 0 Å². The Morgan fingerprint density at radius 3 is 2.65 bits per heavy atom. The molecule has 17 heavy (non-hydrogen) atoms. The van der Waals surface area contributed by atoms with E-state index in [0.29, 0.717) is 12.1 Å². The van der Waals surface area contributed by atoms with Gasteiger partial charge in [0.15, 0.2) is 0 Å². The smallest absolute Gasteiger partial charge is 0.0570 e. The van der Waals surface area contributed by atoms with E-state index in [9.17, 15) is 0 Å². The molecule has 1 aromatic heterocycles. The third-order valence-electron chi connectivity index (χ3n) is 3.16. The zero-order valence-corrected chi connectivity index (χ0v) is 11.4. The van der Waals surface area contributed by atoms with Gasteiger partial charge in [-0.15, -0.1) is 0 Å². The Morgan fingerprint density at radius 2 is 2.00 bits per heavy atom. The summed E-state index contributed by atoms with van der Waals surface area (Å²) in [6, 6.07) is 7.01. The molecular formula is C15H26N2. The monoisotopic (exact) mass is 234 g/mol. The summed E-state index contributed by atoms with van der Waals surface area (Å²) in [4.78, 5) is 4.38. The van der Waals surface area contributed by atoms with Crippen LogP contribution in [-0.4, -0.2) is 11.0 Å². The fourth-order valence-electron chi connectivity index (χ4n) is 2.10. The van der Waals surface area contributed by atoms with Crippen molar-refractivity contribution in [1.82, 2.24) is 10.3 Å². The first-order chi connectivity index (χ1) is 8.24. The maximum Gasteiger partial charge on any atom is 0.0570 e. The van der Waals surface area contributed by atoms with Crippen LogP contribution in [-0.2, 0) is 0 Å². The third-order valence-corrected chi connectivity index (χ3v) is 3.16. The number of hydrogen-bond donors (Lipinski definition) is 1. The van der Waals surface area contributed by atoms with E-state index in [0.717, 1.165) is 5.69 Å². The van der Waals surface area contributed by atoms with Crippen molar-refractivity contribution >= 4 is 0 Å². The molecule has 96 valence electrons. The number of pyridine rings is 1. The van der Waals surface area contributed by atoms with Gasteiger partial charge in [0.05, 0.1) is 5.69 Å². The van der Waals surface area contributed by atoms with Crippen molar-refractivity contribution in [2.75, 3.05) is 0 Å². The van der Waals surface area contributed by atoms with Crippen LogP contribution in [0.1, 0.15) is 64.6 Å². The number of hydrogen-bond acceptors (Lipinski definition) is 2. The van der Waals surface area contributed by atoms with Crippen LogP contribution in [0.3, 0.4) is 0 Å². The minimum absolute atomic E-state index is 0.345. The van der Waals surface area contributed by atoms with Crippen molar-refractivity contribution in [3.8, 4) is 0 Å². The lowest BCUT2D eigenvalue weighted by atomic mass is 10.1. The summed E-state index contributed by atoms with van der Waals surface area (Å²) in [5.74, 6) is 0. The molecule has 1 aromatic rings. The molecule has 2 unspecified atom stereocenters. The highest BCUT2D eigenvalue weighted by molar-refractivity contribution is 5.07. The molecule has 0 fully saturated rings. The lowest BCUT2D eigenvalue weighted by molar-refractivity contribution is 0.433. The topological polar surface area (TPSA) is 24.9 Å². The normalized spacial score (nSPS) is 14.5. The van der Waals surface area contributed by atoms with E-state index in [2.05, 4.69) is 37.1 Å². The van der Waals surface area contributed by atoms with Crippen molar-refractivity contribution in [3.63, 3.8) is 0 Å². The molecule has 0 radical (unpaired) electrons. The Bertz CT molecular complexity index is 284. The average molecular weight is 234 g/mol. The molecule has 0 aliphatic rings. The second-order valence-electron chi connectivity index (χ2n) is 4.89. The molecular weight excluding hydrogens is 208 g/mol. The number of aromatic nitrogens is 1. The first-order valence-corrected chi connectivity index (χ1v) is 6.91. The maximum absolute atomic E-state index is 4.38. The number of rotatable bonds is 8. The molecule has 0 bridgehead atoms. The first-order valence-electron chi connectivity index (χ1n) is 6.91. The molecule has 1 rings (SSSR count). The highest BCUT2D eigenvalue weighted by Crippen LogP contribution is 2.12. The summed E-state index contributed by atoms with van der Waals surface area (Å²) in [6.45, 7) is 6.71. The summed E-state index contributed by atoms with van der Waals surface area (Å²) >= 11 is 0. The van der Waals surface area contributed by atoms with E-state index in [-0.39, 0.29) is 0 Å². The van der Waals surface area contributed by atoms with Gasteiger partial charge in [0, 0.05) is 18.3 Å². The van der Waals surface area contributed by atoms with E-state index in [4.69, 9.17) is 0 Å². The van der Waals surface area contributed by atoms with Gasteiger partial charge >= 0.3 is 0 Å². The summed E-state index contributed by atoms with van der Waals surface area (Å²) in [5.41, 5.74) is 1.13. The molecule has 2 heteroatoms. The zero-order valence-electron chi connectivity index (χ0n) is 11.4. The van der Waals surface area contributed by atoms with Crippen LogP contribution in [0.5, 0.6) is 0 Å². The molecule has 0 aromatic carbocycles. The summed E-state index contributed by atoms with van der Waals surface area (Å²) < 4.78 is 0. The molecule has 2 nitrogen and oxygen atoms in total. The van der Waals surface area contributed by atoms with Crippen LogP contribution in [0, 0.1) is 0 Å². The van der Waals surface area contributed by atoms with Crippen LogP contribution >= 0.6 is 0 Å². The molecule has 2 atom stereocenters. The predicted octanol–water partition coefficient (Wildman–Crippen LogP) is 4.09. The summed E-state index contributed by atoms with van der Waals surface area (Å²) in [6.07, 6.45) is 8.49. The molecule has 0 aliphatic heterocycles. The van der Waals surface area contributed by atoms with Gasteiger partial charge in [-0.2, -0.15) is 0 Å². The number of nitrogens with one attached hydrogen (secondary N) is 1. The van der Waals surface area contributed by atoms with E-state index in [1.807, 2.05) is 18.3 Å². The minimum atomic E-state index is 0.345. The first kappa shape index (κ1) is 14.2. The van der Waals surface area contributed by atoms with E-state index < -0.39 is 0 Å². The molecule has 1 N–H and O–H groups in total. The van der Waals surface area contributed by atoms with Crippen LogP contribution in [0.15, 0.2) is 24.4 Å². The van der Waals surface area contributed by atoms with Crippen LogP contribution in [0.25, 0.3) is 0 Å². The fourth-order valence-corrected chi connectivity index (χ4v) is 2.10. The predicted molar refractivity (Wildman–Crippen MR) is 74.0 cm³/mol. The molecule has 0 aliphatic carbocycles. The minimum Gasteiger partial charge on any atom is -0.306 e. The fraction of sp³-hybridized carbons (Fsp3) is 0.667. The summed E-state index contributed by atoms with van der Waals surface area (Å²) in [5, 5.41) is 3.61. The lowest BCUT2D eigenvalue weighted by Gasteiger charge is -2.19. The third kappa shape index (κ3) is 5.83. The highest BCUT2D eigenvalue weighted by Gasteiger charge is 2.09. The van der Waals surface area contributed by atoms with Gasteiger partial charge in [-0.1, -0.05) is 38.7 Å². The van der Waals surface area contributed by atoms with Gasteiger partial charge in [-0.25, -0.2) is 0 Å². The molecule has 0 saturated carbocycles. The van der Waals surface area contributed by atoms with Crippen LogP contribution in [0.4, 0.5) is 0 Å². The molecule has 0 saturated heterocycles. The van der Waals surface area contributed by atoms with E-state index in [1.54, 1.807) is 0 Å². The van der Waals surface area contributed by atoms with Crippen molar-refractivity contribution in [2.24, 2.45) is 0 Å². The summed E-state index contributed by atoms with van der Waals surface area (Å²) in [7, 11) is 0. The van der Waals surface area contributed by atoms with Crippen molar-refractivity contribution in [3.05, 3.63) is 30.1 Å². The highest BCUT2D eigenvalue weighted by atomic mass is 15.0. The van der Waals surface area contributed by atoms with Gasteiger partial charge in [0.25, 0.3) is 0 Å². The van der Waals surface area contributed by atoms with Gasteiger partial charge < -0.3 is 5.32 Å². The second kappa shape index (κ2) is 8.24. The molecule has 0 spiro atoms. The van der Waals surface area contributed by atoms with Crippen LogP contribution in [0.2, 0.25) is 0 Å². The van der Waals surface area contributed by atoms with Gasteiger partial charge in [-0.05, 0) is 32.4 Å². The van der Waals surface area contributed by atoms with Crippen LogP contribution < -0.4 is 5.32 Å². The Balaban J connectivity index is 2.24. The van der Waals surface area contributed by atoms with Crippen molar-refractivity contribution in [2.45, 2.75) is 65.0 Å². The maximum atomic E-state index is 4.38. The Morgan fingerprint density at radius 1 is 1.18 bits per heavy atom.